The van der Waals surface area contributed by atoms with E-state index >= 15 is 4.39 Å². The SMILES string of the molecule is CC1COc2c(N3CCN(C)CC3)c(F)cc3c(=O)c(C(=O)NCc4cccc(Cl)c4)cn1c23. The maximum absolute atomic E-state index is 15.4. The van der Waals surface area contributed by atoms with Gasteiger partial charge < -0.3 is 24.4 Å². The Labute approximate surface area is 201 Å². The minimum absolute atomic E-state index is 0.0269. The average molecular weight is 485 g/mol. The number of benzene rings is 2. The zero-order chi connectivity index (χ0) is 24.0. The highest BCUT2D eigenvalue weighted by Crippen LogP contribution is 2.42. The minimum Gasteiger partial charge on any atom is -0.487 e. The maximum Gasteiger partial charge on any atom is 0.257 e. The Morgan fingerprint density at radius 2 is 2.00 bits per heavy atom. The summed E-state index contributed by atoms with van der Waals surface area (Å²) < 4.78 is 23.3. The molecule has 1 atom stereocenters. The van der Waals surface area contributed by atoms with E-state index in [1.54, 1.807) is 24.4 Å². The number of likely N-dealkylation sites (N-methyl/N-ethyl adjacent to an activating group) is 1. The van der Waals surface area contributed by atoms with Gasteiger partial charge in [-0.05, 0) is 37.7 Å². The number of ether oxygens (including phenoxy) is 1. The lowest BCUT2D eigenvalue weighted by atomic mass is 10.0. The molecule has 34 heavy (non-hydrogen) atoms. The number of hydrogen-bond donors (Lipinski definition) is 1. The molecule has 9 heteroatoms. The molecule has 1 unspecified atom stereocenters. The Hall–Kier alpha value is -3.10. The second-order valence-electron chi connectivity index (χ2n) is 8.97. The molecule has 7 nitrogen and oxygen atoms in total. The molecule has 2 aliphatic heterocycles. The molecule has 3 aromatic rings. The second-order valence-corrected chi connectivity index (χ2v) is 9.41. The highest BCUT2D eigenvalue weighted by molar-refractivity contribution is 6.30. The van der Waals surface area contributed by atoms with Crippen molar-refractivity contribution in [3.8, 4) is 5.75 Å². The van der Waals surface area contributed by atoms with Crippen molar-refractivity contribution in [3.63, 3.8) is 0 Å². The third kappa shape index (κ3) is 4.01. The minimum atomic E-state index is -0.516. The summed E-state index contributed by atoms with van der Waals surface area (Å²) in [5.41, 5.74) is 1.19. The lowest BCUT2D eigenvalue weighted by Gasteiger charge is -2.37. The van der Waals surface area contributed by atoms with Crippen LogP contribution in [-0.4, -0.2) is 55.2 Å². The Morgan fingerprint density at radius 1 is 1.24 bits per heavy atom. The van der Waals surface area contributed by atoms with Gasteiger partial charge in [0.05, 0.1) is 16.9 Å². The van der Waals surface area contributed by atoms with E-state index in [0.717, 1.165) is 18.7 Å². The number of nitrogens with zero attached hydrogens (tertiary/aromatic N) is 3. The van der Waals surface area contributed by atoms with Crippen LogP contribution in [0.2, 0.25) is 5.02 Å². The lowest BCUT2D eigenvalue weighted by Crippen LogP contribution is -2.45. The number of halogens is 2. The summed E-state index contributed by atoms with van der Waals surface area (Å²) in [7, 11) is 2.03. The molecule has 2 aliphatic rings. The van der Waals surface area contributed by atoms with E-state index in [1.165, 1.54) is 6.07 Å². The number of nitrogens with one attached hydrogen (secondary N) is 1. The van der Waals surface area contributed by atoms with Gasteiger partial charge in [-0.1, -0.05) is 23.7 Å². The zero-order valence-corrected chi connectivity index (χ0v) is 19.9. The fraction of sp³-hybridized carbons (Fsp3) is 0.360. The van der Waals surface area contributed by atoms with Crippen molar-refractivity contribution in [2.45, 2.75) is 19.5 Å². The monoisotopic (exact) mass is 484 g/mol. The molecule has 5 rings (SSSR count). The Kier molecular flexibility index (Phi) is 5.95. The van der Waals surface area contributed by atoms with E-state index in [-0.39, 0.29) is 23.5 Å². The van der Waals surface area contributed by atoms with E-state index < -0.39 is 17.2 Å². The van der Waals surface area contributed by atoms with E-state index in [4.69, 9.17) is 16.3 Å². The van der Waals surface area contributed by atoms with Crippen molar-refractivity contribution in [1.82, 2.24) is 14.8 Å². The van der Waals surface area contributed by atoms with Crippen LogP contribution in [0, 0.1) is 5.82 Å². The van der Waals surface area contributed by atoms with E-state index in [1.807, 2.05) is 29.5 Å². The van der Waals surface area contributed by atoms with Crippen LogP contribution >= 0.6 is 11.6 Å². The van der Waals surface area contributed by atoms with Crippen LogP contribution in [0.15, 0.2) is 41.3 Å². The van der Waals surface area contributed by atoms with Gasteiger partial charge >= 0.3 is 0 Å². The van der Waals surface area contributed by atoms with Gasteiger partial charge in [-0.2, -0.15) is 0 Å². The van der Waals surface area contributed by atoms with Crippen molar-refractivity contribution in [2.75, 3.05) is 44.7 Å². The van der Waals surface area contributed by atoms with E-state index in [9.17, 15) is 9.59 Å². The van der Waals surface area contributed by atoms with Gasteiger partial charge in [0, 0.05) is 43.9 Å². The molecule has 0 saturated carbocycles. The molecule has 3 heterocycles. The van der Waals surface area contributed by atoms with Gasteiger partial charge in [-0.25, -0.2) is 4.39 Å². The number of carbonyl (C=O) groups excluding carboxylic acids is 1. The summed E-state index contributed by atoms with van der Waals surface area (Å²) in [5.74, 6) is -0.651. The van der Waals surface area contributed by atoms with Crippen molar-refractivity contribution in [1.29, 1.82) is 0 Å². The van der Waals surface area contributed by atoms with Gasteiger partial charge in [0.1, 0.15) is 17.9 Å². The zero-order valence-electron chi connectivity index (χ0n) is 19.1. The first-order chi connectivity index (χ1) is 16.3. The molecule has 178 valence electrons. The highest BCUT2D eigenvalue weighted by Gasteiger charge is 2.31. The molecule has 0 aliphatic carbocycles. The summed E-state index contributed by atoms with van der Waals surface area (Å²) in [6.45, 7) is 5.44. The molecule has 1 fully saturated rings. The van der Waals surface area contributed by atoms with Gasteiger partial charge in [0.15, 0.2) is 11.6 Å². The Bertz CT molecular complexity index is 1330. The Balaban J connectivity index is 1.56. The normalized spacial score (nSPS) is 18.1. The molecular weight excluding hydrogens is 459 g/mol. The number of amides is 1. The summed E-state index contributed by atoms with van der Waals surface area (Å²) >= 11 is 6.02. The standard InChI is InChI=1S/C25H26ClFN4O3/c1-15-14-34-24-21-18(11-20(27)22(24)30-8-6-29(2)7-9-30)23(32)19(13-31(15)21)25(33)28-12-16-4-3-5-17(26)10-16/h3-5,10-11,13,15H,6-9,12,14H2,1-2H3,(H,28,33). The summed E-state index contributed by atoms with van der Waals surface area (Å²) in [5, 5.41) is 3.49. The fourth-order valence-corrected chi connectivity index (χ4v) is 4.84. The molecule has 2 aromatic carbocycles. The number of piperazine rings is 1. The molecule has 1 N–H and O–H groups in total. The van der Waals surface area contributed by atoms with Gasteiger partial charge in [0.2, 0.25) is 5.43 Å². The van der Waals surface area contributed by atoms with Crippen LogP contribution in [0.1, 0.15) is 28.9 Å². The number of hydrogen-bond acceptors (Lipinski definition) is 5. The molecular formula is C25H26ClFN4O3. The number of pyridine rings is 1. The van der Waals surface area contributed by atoms with Crippen LogP contribution in [0.5, 0.6) is 5.75 Å². The number of carbonyl (C=O) groups is 1. The van der Waals surface area contributed by atoms with Crippen LogP contribution in [0.25, 0.3) is 10.9 Å². The summed E-state index contributed by atoms with van der Waals surface area (Å²) in [6, 6.07) is 8.26. The van der Waals surface area contributed by atoms with Crippen LogP contribution < -0.4 is 20.4 Å². The van der Waals surface area contributed by atoms with Gasteiger partial charge in [0.25, 0.3) is 5.91 Å². The fourth-order valence-electron chi connectivity index (χ4n) is 4.62. The Morgan fingerprint density at radius 3 is 2.74 bits per heavy atom. The average Bonchev–Trinajstić information content (AvgIpc) is 2.82. The van der Waals surface area contributed by atoms with E-state index in [0.29, 0.717) is 41.7 Å². The highest BCUT2D eigenvalue weighted by atomic mass is 35.5. The molecule has 1 saturated heterocycles. The third-order valence-electron chi connectivity index (χ3n) is 6.55. The number of aromatic nitrogens is 1. The summed E-state index contributed by atoms with van der Waals surface area (Å²) in [6.07, 6.45) is 1.57. The smallest absolute Gasteiger partial charge is 0.257 e. The number of rotatable bonds is 4. The first-order valence-electron chi connectivity index (χ1n) is 11.3. The first kappa shape index (κ1) is 22.7. The second kappa shape index (κ2) is 8.92. The van der Waals surface area contributed by atoms with Gasteiger partial charge in [-0.15, -0.1) is 0 Å². The van der Waals surface area contributed by atoms with Crippen LogP contribution in [-0.2, 0) is 6.54 Å². The number of anilines is 1. The van der Waals surface area contributed by atoms with Crippen LogP contribution in [0.3, 0.4) is 0 Å². The maximum atomic E-state index is 15.4. The lowest BCUT2D eigenvalue weighted by molar-refractivity contribution is 0.0948. The van der Waals surface area contributed by atoms with Gasteiger partial charge in [-0.3, -0.25) is 9.59 Å². The predicted molar refractivity (Wildman–Crippen MR) is 131 cm³/mol. The summed E-state index contributed by atoms with van der Waals surface area (Å²) in [4.78, 5) is 30.5. The molecule has 1 amide bonds. The largest absolute Gasteiger partial charge is 0.487 e. The van der Waals surface area contributed by atoms with E-state index in [2.05, 4.69) is 10.2 Å². The topological polar surface area (TPSA) is 66.8 Å². The first-order valence-corrected chi connectivity index (χ1v) is 11.7. The van der Waals surface area contributed by atoms with Crippen molar-refractivity contribution >= 4 is 34.1 Å². The predicted octanol–water partition coefficient (Wildman–Crippen LogP) is 3.43. The van der Waals surface area contributed by atoms with Crippen LogP contribution in [0.4, 0.5) is 10.1 Å². The van der Waals surface area contributed by atoms with Crippen molar-refractivity contribution < 1.29 is 13.9 Å². The molecule has 0 bridgehead atoms. The molecule has 0 radical (unpaired) electrons. The molecule has 0 spiro atoms. The molecule has 1 aromatic heterocycles. The third-order valence-corrected chi connectivity index (χ3v) is 6.78. The van der Waals surface area contributed by atoms with Crippen molar-refractivity contribution in [3.05, 3.63) is 68.7 Å². The van der Waals surface area contributed by atoms with Crippen molar-refractivity contribution in [2.24, 2.45) is 0 Å². The quantitative estimate of drug-likeness (QED) is 0.614.